The highest BCUT2D eigenvalue weighted by atomic mass is 35.5. The Kier molecular flexibility index (Phi) is 5.60. The van der Waals surface area contributed by atoms with Gasteiger partial charge < -0.3 is 10.4 Å². The van der Waals surface area contributed by atoms with E-state index in [1.54, 1.807) is 23.9 Å². The Morgan fingerprint density at radius 1 is 1.26 bits per heavy atom. The smallest absolute Gasteiger partial charge is 0.221 e. The van der Waals surface area contributed by atoms with Crippen LogP contribution in [0.5, 0.6) is 5.75 Å². The van der Waals surface area contributed by atoms with Gasteiger partial charge in [0.05, 0.1) is 5.02 Å². The van der Waals surface area contributed by atoms with E-state index in [9.17, 15) is 9.90 Å². The molecule has 0 aliphatic rings. The number of carbonyl (C=O) groups is 1. The number of hydrogen-bond acceptors (Lipinski definition) is 3. The minimum Gasteiger partial charge on any atom is -0.508 e. The molecule has 0 spiro atoms. The summed E-state index contributed by atoms with van der Waals surface area (Å²) in [7, 11) is 0. The van der Waals surface area contributed by atoms with Crippen molar-refractivity contribution in [3.05, 3.63) is 46.5 Å². The van der Waals surface area contributed by atoms with Gasteiger partial charge in [-0.3, -0.25) is 4.79 Å². The summed E-state index contributed by atoms with van der Waals surface area (Å²) < 4.78 is 0. The normalized spacial score (nSPS) is 10.9. The first-order valence-electron chi connectivity index (χ1n) is 7.36. The molecule has 2 rings (SSSR count). The maximum atomic E-state index is 11.2. The Balaban J connectivity index is 2.33. The molecule has 0 heterocycles. The van der Waals surface area contributed by atoms with E-state index in [1.807, 2.05) is 39.0 Å². The molecule has 5 heteroatoms. The molecule has 0 saturated heterocycles. The third-order valence-electron chi connectivity index (χ3n) is 3.39. The van der Waals surface area contributed by atoms with Crippen LogP contribution in [0.25, 0.3) is 0 Å². The third kappa shape index (κ3) is 4.43. The number of carbonyl (C=O) groups excluding carboxylic acids is 1. The van der Waals surface area contributed by atoms with Crippen LogP contribution in [-0.2, 0) is 4.79 Å². The third-order valence-corrected chi connectivity index (χ3v) is 5.04. The zero-order chi connectivity index (χ0) is 17.1. The maximum Gasteiger partial charge on any atom is 0.221 e. The van der Waals surface area contributed by atoms with Crippen LogP contribution in [0.2, 0.25) is 5.02 Å². The van der Waals surface area contributed by atoms with Crippen molar-refractivity contribution in [3.63, 3.8) is 0 Å². The van der Waals surface area contributed by atoms with Crippen LogP contribution < -0.4 is 5.32 Å². The first-order chi connectivity index (χ1) is 10.8. The zero-order valence-electron chi connectivity index (χ0n) is 13.6. The summed E-state index contributed by atoms with van der Waals surface area (Å²) in [6.07, 6.45) is 0. The number of anilines is 1. The number of hydrogen-bond donors (Lipinski definition) is 2. The molecular formula is C18H20ClNO2S. The zero-order valence-corrected chi connectivity index (χ0v) is 15.2. The molecule has 0 saturated carbocycles. The second-order valence-corrected chi connectivity index (χ2v) is 7.25. The van der Waals surface area contributed by atoms with Crippen molar-refractivity contribution in [2.75, 3.05) is 5.32 Å². The highest BCUT2D eigenvalue weighted by Crippen LogP contribution is 2.39. The molecule has 2 aromatic carbocycles. The predicted molar refractivity (Wildman–Crippen MR) is 96.8 cm³/mol. The molecule has 0 unspecified atom stereocenters. The minimum atomic E-state index is -0.124. The number of rotatable bonds is 4. The van der Waals surface area contributed by atoms with Gasteiger partial charge in [-0.25, -0.2) is 0 Å². The van der Waals surface area contributed by atoms with Crippen LogP contribution in [-0.4, -0.2) is 11.0 Å². The average molecular weight is 350 g/mol. The van der Waals surface area contributed by atoms with Crippen LogP contribution in [0.3, 0.4) is 0 Å². The molecule has 0 bridgehead atoms. The van der Waals surface area contributed by atoms with Crippen molar-refractivity contribution in [2.45, 2.75) is 43.4 Å². The lowest BCUT2D eigenvalue weighted by atomic mass is 10.0. The van der Waals surface area contributed by atoms with Crippen molar-refractivity contribution < 1.29 is 9.90 Å². The van der Waals surface area contributed by atoms with Gasteiger partial charge in [0.15, 0.2) is 0 Å². The molecule has 3 nitrogen and oxygen atoms in total. The molecule has 0 fully saturated rings. The number of nitrogens with one attached hydrogen (secondary N) is 1. The summed E-state index contributed by atoms with van der Waals surface area (Å²) in [5.41, 5.74) is 2.60. The molecule has 122 valence electrons. The van der Waals surface area contributed by atoms with Crippen LogP contribution in [0.15, 0.2) is 40.1 Å². The molecular weight excluding hydrogens is 330 g/mol. The lowest BCUT2D eigenvalue weighted by molar-refractivity contribution is -0.114. The molecule has 0 radical (unpaired) electrons. The Morgan fingerprint density at radius 2 is 1.96 bits per heavy atom. The van der Waals surface area contributed by atoms with E-state index in [0.717, 1.165) is 20.9 Å². The topological polar surface area (TPSA) is 49.3 Å². The van der Waals surface area contributed by atoms with E-state index in [2.05, 4.69) is 5.32 Å². The number of phenolic OH excluding ortho intramolecular Hbond substituents is 1. The fourth-order valence-corrected chi connectivity index (χ4v) is 3.63. The van der Waals surface area contributed by atoms with Crippen molar-refractivity contribution in [1.82, 2.24) is 0 Å². The summed E-state index contributed by atoms with van der Waals surface area (Å²) in [4.78, 5) is 13.1. The van der Waals surface area contributed by atoms with Crippen LogP contribution in [0.1, 0.15) is 37.8 Å². The molecule has 1 amide bonds. The minimum absolute atomic E-state index is 0.124. The monoisotopic (exact) mass is 349 g/mol. The van der Waals surface area contributed by atoms with E-state index in [4.69, 9.17) is 11.6 Å². The second-order valence-electron chi connectivity index (χ2n) is 5.76. The number of phenols is 1. The van der Waals surface area contributed by atoms with Gasteiger partial charge in [0.25, 0.3) is 0 Å². The highest BCUT2D eigenvalue weighted by molar-refractivity contribution is 7.99. The Morgan fingerprint density at radius 3 is 2.52 bits per heavy atom. The number of aryl methyl sites for hydroxylation is 1. The Hall–Kier alpha value is -1.65. The van der Waals surface area contributed by atoms with Gasteiger partial charge in [0, 0.05) is 22.4 Å². The van der Waals surface area contributed by atoms with E-state index < -0.39 is 0 Å². The standard InChI is InChI=1S/C18H20ClNO2S/c1-10(2)15-9-14(5-6-17(15)22)23-18-11(3)7-13(8-16(18)19)20-12(4)21/h5-10,22H,1-4H3,(H,20,21). The molecule has 0 aliphatic carbocycles. The predicted octanol–water partition coefficient (Wildman–Crippen LogP) is 5.59. The molecule has 2 aromatic rings. The van der Waals surface area contributed by atoms with Crippen molar-refractivity contribution in [2.24, 2.45) is 0 Å². The van der Waals surface area contributed by atoms with Gasteiger partial charge in [-0.15, -0.1) is 0 Å². The summed E-state index contributed by atoms with van der Waals surface area (Å²) in [5.74, 6) is 0.434. The van der Waals surface area contributed by atoms with E-state index in [1.165, 1.54) is 6.92 Å². The molecule has 0 aliphatic heterocycles. The lowest BCUT2D eigenvalue weighted by Gasteiger charge is -2.13. The molecule has 2 N–H and O–H groups in total. The van der Waals surface area contributed by atoms with E-state index >= 15 is 0 Å². The number of halogens is 1. The van der Waals surface area contributed by atoms with Gasteiger partial charge >= 0.3 is 0 Å². The van der Waals surface area contributed by atoms with Crippen LogP contribution in [0, 0.1) is 6.92 Å². The van der Waals surface area contributed by atoms with Crippen LogP contribution in [0.4, 0.5) is 5.69 Å². The molecule has 0 atom stereocenters. The van der Waals surface area contributed by atoms with E-state index in [-0.39, 0.29) is 11.8 Å². The van der Waals surface area contributed by atoms with Gasteiger partial charge in [-0.1, -0.05) is 37.2 Å². The summed E-state index contributed by atoms with van der Waals surface area (Å²) in [5, 5.41) is 13.3. The quantitative estimate of drug-likeness (QED) is 0.756. The summed E-state index contributed by atoms with van der Waals surface area (Å²) in [6, 6.07) is 9.24. The van der Waals surface area contributed by atoms with Gasteiger partial charge in [0.1, 0.15) is 5.75 Å². The van der Waals surface area contributed by atoms with Gasteiger partial charge in [-0.05, 0) is 54.3 Å². The van der Waals surface area contributed by atoms with Crippen molar-refractivity contribution >= 4 is 35.0 Å². The average Bonchev–Trinajstić information content (AvgIpc) is 2.43. The summed E-state index contributed by atoms with van der Waals surface area (Å²) >= 11 is 7.93. The number of benzene rings is 2. The first kappa shape index (κ1) is 17.7. The number of amides is 1. The fourth-order valence-electron chi connectivity index (χ4n) is 2.31. The molecule has 0 aromatic heterocycles. The fraction of sp³-hybridized carbons (Fsp3) is 0.278. The number of aromatic hydroxyl groups is 1. The Labute approximate surface area is 146 Å². The van der Waals surface area contributed by atoms with Crippen LogP contribution >= 0.6 is 23.4 Å². The van der Waals surface area contributed by atoms with E-state index in [0.29, 0.717) is 16.5 Å². The van der Waals surface area contributed by atoms with Crippen molar-refractivity contribution in [3.8, 4) is 5.75 Å². The lowest BCUT2D eigenvalue weighted by Crippen LogP contribution is -2.06. The largest absolute Gasteiger partial charge is 0.508 e. The first-order valence-corrected chi connectivity index (χ1v) is 8.56. The molecule has 23 heavy (non-hydrogen) atoms. The second kappa shape index (κ2) is 7.28. The van der Waals surface area contributed by atoms with Gasteiger partial charge in [-0.2, -0.15) is 0 Å². The highest BCUT2D eigenvalue weighted by Gasteiger charge is 2.12. The summed E-state index contributed by atoms with van der Waals surface area (Å²) in [6.45, 7) is 7.52. The van der Waals surface area contributed by atoms with Gasteiger partial charge in [0.2, 0.25) is 5.91 Å². The SMILES string of the molecule is CC(=O)Nc1cc(C)c(Sc2ccc(O)c(C(C)C)c2)c(Cl)c1. The maximum absolute atomic E-state index is 11.2. The Bertz CT molecular complexity index is 721. The van der Waals surface area contributed by atoms with Crippen molar-refractivity contribution in [1.29, 1.82) is 0 Å².